The Morgan fingerprint density at radius 1 is 1.25 bits per heavy atom. The van der Waals surface area contributed by atoms with E-state index in [-0.39, 0.29) is 24.3 Å². The van der Waals surface area contributed by atoms with Crippen molar-refractivity contribution in [3.05, 3.63) is 71.0 Å². The van der Waals surface area contributed by atoms with Gasteiger partial charge in [-0.15, -0.1) is 0 Å². The summed E-state index contributed by atoms with van der Waals surface area (Å²) in [4.78, 5) is 37.1. The molecular weight excluding hydrogens is 478 g/mol. The normalized spacial score (nSPS) is 15.9. The Labute approximate surface area is 214 Å². The first kappa shape index (κ1) is 24.1. The maximum Gasteiger partial charge on any atom is 0.306 e. The second kappa shape index (κ2) is 10.2. The van der Waals surface area contributed by atoms with Gasteiger partial charge in [-0.2, -0.15) is 0 Å². The molecule has 1 saturated heterocycles. The van der Waals surface area contributed by atoms with Gasteiger partial charge in [-0.25, -0.2) is 0 Å². The molecule has 186 valence electrons. The summed E-state index contributed by atoms with van der Waals surface area (Å²) in [6, 6.07) is 15.1. The highest BCUT2D eigenvalue weighted by Crippen LogP contribution is 2.26. The van der Waals surface area contributed by atoms with Gasteiger partial charge in [-0.05, 0) is 48.4 Å². The maximum absolute atomic E-state index is 13.5. The van der Waals surface area contributed by atoms with Crippen molar-refractivity contribution < 1.29 is 14.3 Å². The third kappa shape index (κ3) is 5.01. The Morgan fingerprint density at radius 3 is 2.94 bits per heavy atom. The number of nitrogen functional groups attached to an aromatic ring is 1. The quantitative estimate of drug-likeness (QED) is 0.349. The zero-order valence-corrected chi connectivity index (χ0v) is 20.8. The van der Waals surface area contributed by atoms with E-state index in [2.05, 4.69) is 14.9 Å². The molecule has 1 aliphatic rings. The van der Waals surface area contributed by atoms with Crippen LogP contribution in [0.4, 0.5) is 5.69 Å². The first-order chi connectivity index (χ1) is 17.4. The Hall–Kier alpha value is -3.62. The van der Waals surface area contributed by atoms with Crippen LogP contribution in [0.15, 0.2) is 54.7 Å². The number of carbonyl (C=O) groups is 2. The number of fused-ring (bicyclic) bond motifs is 2. The molecule has 9 heteroatoms. The summed E-state index contributed by atoms with van der Waals surface area (Å²) >= 11 is 6.14. The average Bonchev–Trinajstić information content (AvgIpc) is 3.43. The number of hydrogen-bond acceptors (Lipinski definition) is 6. The first-order valence-electron chi connectivity index (χ1n) is 11.9. The number of esters is 1. The van der Waals surface area contributed by atoms with Crippen molar-refractivity contribution in [1.82, 2.24) is 19.8 Å². The SMILES string of the molecule is COC(=O)CCN(Cc1cc2cc(Cl)ccc2[nH]1)[C@@H]1CCN(Cc2ccc3c(N)ccnc3c2)C1=O. The first-order valence-corrected chi connectivity index (χ1v) is 12.3. The van der Waals surface area contributed by atoms with Gasteiger partial charge in [-0.3, -0.25) is 19.5 Å². The molecule has 2 aromatic carbocycles. The number of hydrogen-bond donors (Lipinski definition) is 2. The van der Waals surface area contributed by atoms with Crippen LogP contribution in [0.5, 0.6) is 0 Å². The number of anilines is 1. The van der Waals surface area contributed by atoms with Gasteiger partial charge in [0.15, 0.2) is 0 Å². The van der Waals surface area contributed by atoms with Crippen molar-refractivity contribution >= 4 is 51.0 Å². The number of pyridine rings is 1. The minimum atomic E-state index is -0.320. The number of amides is 1. The Balaban J connectivity index is 1.33. The smallest absolute Gasteiger partial charge is 0.306 e. The van der Waals surface area contributed by atoms with Crippen LogP contribution in [0.2, 0.25) is 5.02 Å². The third-order valence-electron chi connectivity index (χ3n) is 6.77. The summed E-state index contributed by atoms with van der Waals surface area (Å²) in [5.74, 6) is -0.242. The van der Waals surface area contributed by atoms with Gasteiger partial charge >= 0.3 is 5.97 Å². The van der Waals surface area contributed by atoms with Crippen molar-refractivity contribution in [3.63, 3.8) is 0 Å². The van der Waals surface area contributed by atoms with Crippen LogP contribution in [0.3, 0.4) is 0 Å². The number of nitrogens with one attached hydrogen (secondary N) is 1. The van der Waals surface area contributed by atoms with E-state index in [1.165, 1.54) is 7.11 Å². The summed E-state index contributed by atoms with van der Waals surface area (Å²) < 4.78 is 4.85. The second-order valence-electron chi connectivity index (χ2n) is 9.14. The number of aromatic amines is 1. The van der Waals surface area contributed by atoms with E-state index in [1.807, 2.05) is 47.4 Å². The van der Waals surface area contributed by atoms with Gasteiger partial charge in [-0.1, -0.05) is 23.7 Å². The van der Waals surface area contributed by atoms with Crippen LogP contribution in [0.1, 0.15) is 24.1 Å². The molecule has 3 heterocycles. The fourth-order valence-corrected chi connectivity index (χ4v) is 5.08. The number of likely N-dealkylation sites (tertiary alicyclic amines) is 1. The van der Waals surface area contributed by atoms with E-state index < -0.39 is 0 Å². The third-order valence-corrected chi connectivity index (χ3v) is 7.00. The molecule has 8 nitrogen and oxygen atoms in total. The number of ether oxygens (including phenoxy) is 1. The van der Waals surface area contributed by atoms with Crippen LogP contribution >= 0.6 is 11.6 Å². The summed E-state index contributed by atoms with van der Waals surface area (Å²) in [5.41, 5.74) is 10.5. The molecule has 5 rings (SSSR count). The topological polar surface area (TPSA) is 105 Å². The van der Waals surface area contributed by atoms with Crippen molar-refractivity contribution in [3.8, 4) is 0 Å². The van der Waals surface area contributed by atoms with Crippen LogP contribution in [-0.2, 0) is 27.4 Å². The number of carbonyl (C=O) groups excluding carboxylic acids is 2. The van der Waals surface area contributed by atoms with Crippen molar-refractivity contribution in [2.24, 2.45) is 0 Å². The summed E-state index contributed by atoms with van der Waals surface area (Å²) in [5, 5.41) is 2.58. The summed E-state index contributed by atoms with van der Waals surface area (Å²) in [7, 11) is 1.38. The number of halogens is 1. The monoisotopic (exact) mass is 505 g/mol. The van der Waals surface area contributed by atoms with E-state index in [0.29, 0.717) is 43.3 Å². The van der Waals surface area contributed by atoms with Crippen LogP contribution < -0.4 is 5.73 Å². The van der Waals surface area contributed by atoms with Gasteiger partial charge in [0.25, 0.3) is 0 Å². The summed E-state index contributed by atoms with van der Waals surface area (Å²) in [6.07, 6.45) is 2.59. The number of rotatable bonds is 8. The van der Waals surface area contributed by atoms with Gasteiger partial charge < -0.3 is 20.4 Å². The lowest BCUT2D eigenvalue weighted by Gasteiger charge is -2.27. The number of methoxy groups -OCH3 is 1. The molecule has 0 bridgehead atoms. The molecular formula is C27H28ClN5O3. The van der Waals surface area contributed by atoms with Gasteiger partial charge in [0.05, 0.1) is 25.1 Å². The van der Waals surface area contributed by atoms with Crippen molar-refractivity contribution in [1.29, 1.82) is 0 Å². The molecule has 36 heavy (non-hydrogen) atoms. The largest absolute Gasteiger partial charge is 0.469 e. The van der Waals surface area contributed by atoms with Gasteiger partial charge in [0.2, 0.25) is 5.91 Å². The molecule has 3 N–H and O–H groups in total. The van der Waals surface area contributed by atoms with Crippen molar-refractivity contribution in [2.75, 3.05) is 25.9 Å². The molecule has 0 saturated carbocycles. The summed E-state index contributed by atoms with van der Waals surface area (Å²) in [6.45, 7) is 2.07. The second-order valence-corrected chi connectivity index (χ2v) is 9.58. The van der Waals surface area contributed by atoms with Crippen LogP contribution in [0.25, 0.3) is 21.8 Å². The standard InChI is InChI=1S/C27H28ClN5O3/c1-36-26(34)8-11-32(16-20-14-18-13-19(28)3-5-23(18)31-20)25-7-10-33(27(25)35)15-17-2-4-21-22(29)6-9-30-24(21)12-17/h2-6,9,12-14,25,31H,7-8,10-11,15-16H2,1H3,(H2,29,30)/t25-/m1/s1. The number of nitrogens with two attached hydrogens (primary N) is 1. The lowest BCUT2D eigenvalue weighted by molar-refractivity contribution is -0.142. The van der Waals surface area contributed by atoms with Gasteiger partial charge in [0.1, 0.15) is 0 Å². The van der Waals surface area contributed by atoms with Crippen LogP contribution in [0, 0.1) is 0 Å². The highest BCUT2D eigenvalue weighted by molar-refractivity contribution is 6.31. The Kier molecular flexibility index (Phi) is 6.80. The zero-order valence-electron chi connectivity index (χ0n) is 20.0. The number of nitrogens with zero attached hydrogens (tertiary/aromatic N) is 3. The van der Waals surface area contributed by atoms with Crippen LogP contribution in [-0.4, -0.2) is 57.9 Å². The molecule has 0 unspecified atom stereocenters. The molecule has 0 aliphatic carbocycles. The minimum Gasteiger partial charge on any atom is -0.469 e. The van der Waals surface area contributed by atoms with E-state index in [4.69, 9.17) is 22.1 Å². The molecule has 1 aliphatic heterocycles. The fraction of sp³-hybridized carbons (Fsp3) is 0.296. The van der Waals surface area contributed by atoms with Crippen molar-refractivity contribution in [2.45, 2.75) is 32.0 Å². The Morgan fingerprint density at radius 2 is 2.11 bits per heavy atom. The molecule has 4 aromatic rings. The number of benzene rings is 2. The maximum atomic E-state index is 13.5. The highest BCUT2D eigenvalue weighted by atomic mass is 35.5. The predicted octanol–water partition coefficient (Wildman–Crippen LogP) is 4.12. The minimum absolute atomic E-state index is 0.0552. The lowest BCUT2D eigenvalue weighted by atomic mass is 10.1. The Bertz CT molecular complexity index is 1440. The van der Waals surface area contributed by atoms with E-state index in [0.717, 1.165) is 33.1 Å². The molecule has 0 spiro atoms. The molecule has 2 aromatic heterocycles. The molecule has 0 radical (unpaired) electrons. The zero-order chi connectivity index (χ0) is 25.2. The fourth-order valence-electron chi connectivity index (χ4n) is 4.90. The predicted molar refractivity (Wildman–Crippen MR) is 140 cm³/mol. The highest BCUT2D eigenvalue weighted by Gasteiger charge is 2.36. The average molecular weight is 506 g/mol. The number of H-pyrrole nitrogens is 1. The number of aromatic nitrogens is 2. The van der Waals surface area contributed by atoms with E-state index in [1.54, 1.807) is 12.3 Å². The van der Waals surface area contributed by atoms with E-state index >= 15 is 0 Å². The molecule has 1 amide bonds. The van der Waals surface area contributed by atoms with E-state index in [9.17, 15) is 9.59 Å². The molecule has 1 atom stereocenters. The van der Waals surface area contributed by atoms with Gasteiger partial charge in [0, 0.05) is 65.1 Å². The lowest BCUT2D eigenvalue weighted by Crippen LogP contribution is -2.42. The molecule has 1 fully saturated rings.